The number of aromatic nitrogens is 2. The summed E-state index contributed by atoms with van der Waals surface area (Å²) in [4.78, 5) is 21.0. The Kier molecular flexibility index (Phi) is 3.90. The Balaban J connectivity index is 2.03. The number of aliphatic hydroxyl groups is 1. The molecule has 0 unspecified atom stereocenters. The Hall–Kier alpha value is -2.65. The van der Waals surface area contributed by atoms with Gasteiger partial charge in [-0.2, -0.15) is 5.26 Å². The fraction of sp³-hybridized carbons (Fsp3) is 0.312. The van der Waals surface area contributed by atoms with Gasteiger partial charge in [0.05, 0.1) is 17.4 Å². The molecular weight excluding hydrogens is 280 g/mol. The molecular formula is C16H16N4O2. The Morgan fingerprint density at radius 3 is 2.82 bits per heavy atom. The van der Waals surface area contributed by atoms with E-state index in [4.69, 9.17) is 0 Å². The van der Waals surface area contributed by atoms with E-state index in [1.165, 1.54) is 0 Å². The first kappa shape index (κ1) is 14.3. The highest BCUT2D eigenvalue weighted by Gasteiger charge is 2.18. The van der Waals surface area contributed by atoms with Crippen molar-refractivity contribution in [2.24, 2.45) is 0 Å². The first-order chi connectivity index (χ1) is 10.7. The zero-order chi connectivity index (χ0) is 15.5. The van der Waals surface area contributed by atoms with Crippen LogP contribution < -0.4 is 5.56 Å². The van der Waals surface area contributed by atoms with E-state index in [9.17, 15) is 15.2 Å². The minimum atomic E-state index is -0.317. The monoisotopic (exact) mass is 296 g/mol. The molecule has 0 amide bonds. The predicted octanol–water partition coefficient (Wildman–Crippen LogP) is 1.81. The number of nitrogens with one attached hydrogen (secondary N) is 1. The molecule has 1 saturated heterocycles. The van der Waals surface area contributed by atoms with Gasteiger partial charge < -0.3 is 10.1 Å². The number of nitriles is 1. The van der Waals surface area contributed by atoms with Gasteiger partial charge in [-0.05, 0) is 38.1 Å². The molecule has 112 valence electrons. The Morgan fingerprint density at radius 2 is 2.09 bits per heavy atom. The standard InChI is InChI=1S/C16H16N4O2/c17-9-12(14(21)10-20-7-3-4-8-20)15-18-13-6-2-1-5-11(13)16(22)19-15/h1-2,5-6,21H,3-4,7-8,10H2,(H,18,19,22)/b14-12-. The number of likely N-dealkylation sites (tertiary alicyclic amines) is 1. The van der Waals surface area contributed by atoms with E-state index in [1.54, 1.807) is 24.3 Å². The molecule has 1 fully saturated rings. The summed E-state index contributed by atoms with van der Waals surface area (Å²) < 4.78 is 0. The maximum Gasteiger partial charge on any atom is 0.259 e. The van der Waals surface area contributed by atoms with Gasteiger partial charge >= 0.3 is 0 Å². The smallest absolute Gasteiger partial charge is 0.259 e. The molecule has 0 bridgehead atoms. The van der Waals surface area contributed by atoms with Gasteiger partial charge in [-0.25, -0.2) is 4.98 Å². The fourth-order valence-electron chi connectivity index (χ4n) is 2.69. The SMILES string of the molecule is N#C/C(=C(/O)CN1CCCC1)c1nc2ccccc2c(=O)[nH]1. The Labute approximate surface area is 127 Å². The van der Waals surface area contributed by atoms with Crippen molar-refractivity contribution in [1.82, 2.24) is 14.9 Å². The third-order valence-corrected chi connectivity index (χ3v) is 3.82. The molecule has 2 heterocycles. The summed E-state index contributed by atoms with van der Waals surface area (Å²) in [6, 6.07) is 8.87. The molecule has 3 rings (SSSR count). The molecule has 6 nitrogen and oxygen atoms in total. The molecule has 0 saturated carbocycles. The van der Waals surface area contributed by atoms with Crippen LogP contribution in [-0.2, 0) is 0 Å². The van der Waals surface area contributed by atoms with E-state index in [0.717, 1.165) is 25.9 Å². The second-order valence-corrected chi connectivity index (χ2v) is 5.35. The summed E-state index contributed by atoms with van der Waals surface area (Å²) in [6.45, 7) is 2.12. The highest BCUT2D eigenvalue weighted by atomic mass is 16.3. The molecule has 0 radical (unpaired) electrons. The summed E-state index contributed by atoms with van der Waals surface area (Å²) in [5, 5.41) is 20.0. The van der Waals surface area contributed by atoms with Crippen LogP contribution in [0.2, 0.25) is 0 Å². The number of H-pyrrole nitrogens is 1. The first-order valence-corrected chi connectivity index (χ1v) is 7.23. The molecule has 0 atom stereocenters. The second kappa shape index (κ2) is 6.00. The van der Waals surface area contributed by atoms with Gasteiger partial charge in [-0.3, -0.25) is 9.69 Å². The number of hydrogen-bond acceptors (Lipinski definition) is 5. The maximum atomic E-state index is 12.1. The van der Waals surface area contributed by atoms with Gasteiger partial charge in [0, 0.05) is 0 Å². The average molecular weight is 296 g/mol. The third-order valence-electron chi connectivity index (χ3n) is 3.82. The lowest BCUT2D eigenvalue weighted by atomic mass is 10.2. The van der Waals surface area contributed by atoms with Gasteiger partial charge in [-0.15, -0.1) is 0 Å². The number of hydrogen-bond donors (Lipinski definition) is 2. The Morgan fingerprint density at radius 1 is 1.36 bits per heavy atom. The number of aromatic amines is 1. The summed E-state index contributed by atoms with van der Waals surface area (Å²) in [5.41, 5.74) is 0.208. The quantitative estimate of drug-likeness (QED) is 0.665. The molecule has 1 aliphatic rings. The largest absolute Gasteiger partial charge is 0.509 e. The zero-order valence-corrected chi connectivity index (χ0v) is 12.0. The molecule has 6 heteroatoms. The molecule has 0 spiro atoms. The van der Waals surface area contributed by atoms with E-state index < -0.39 is 0 Å². The van der Waals surface area contributed by atoms with E-state index in [1.807, 2.05) is 6.07 Å². The first-order valence-electron chi connectivity index (χ1n) is 7.23. The highest BCUT2D eigenvalue weighted by molar-refractivity contribution is 5.81. The number of benzene rings is 1. The van der Waals surface area contributed by atoms with Crippen LogP contribution in [0.15, 0.2) is 34.8 Å². The zero-order valence-electron chi connectivity index (χ0n) is 12.0. The third kappa shape index (κ3) is 2.71. The van der Waals surface area contributed by atoms with Crippen molar-refractivity contribution in [3.05, 3.63) is 46.2 Å². The van der Waals surface area contributed by atoms with Crippen LogP contribution >= 0.6 is 0 Å². The molecule has 2 N–H and O–H groups in total. The van der Waals surface area contributed by atoms with E-state index in [-0.39, 0.29) is 22.7 Å². The van der Waals surface area contributed by atoms with Crippen molar-refractivity contribution in [3.8, 4) is 6.07 Å². The summed E-state index contributed by atoms with van der Waals surface area (Å²) >= 11 is 0. The Bertz CT molecular complexity index is 826. The molecule has 0 aliphatic carbocycles. The average Bonchev–Trinajstić information content (AvgIpc) is 3.01. The van der Waals surface area contributed by atoms with Crippen molar-refractivity contribution in [1.29, 1.82) is 5.26 Å². The maximum absolute atomic E-state index is 12.1. The van der Waals surface area contributed by atoms with Crippen LogP contribution in [-0.4, -0.2) is 39.6 Å². The van der Waals surface area contributed by atoms with Crippen LogP contribution in [0.3, 0.4) is 0 Å². The number of fused-ring (bicyclic) bond motifs is 1. The number of allylic oxidation sites excluding steroid dienone is 1. The summed E-state index contributed by atoms with van der Waals surface area (Å²) in [7, 11) is 0. The predicted molar refractivity (Wildman–Crippen MR) is 83.2 cm³/mol. The summed E-state index contributed by atoms with van der Waals surface area (Å²) in [6.07, 6.45) is 2.19. The van der Waals surface area contributed by atoms with Crippen molar-refractivity contribution in [3.63, 3.8) is 0 Å². The van der Waals surface area contributed by atoms with Gasteiger partial charge in [0.2, 0.25) is 0 Å². The van der Waals surface area contributed by atoms with Crippen molar-refractivity contribution in [2.45, 2.75) is 12.8 Å². The number of nitrogens with zero attached hydrogens (tertiary/aromatic N) is 3. The van der Waals surface area contributed by atoms with Gasteiger partial charge in [-0.1, -0.05) is 12.1 Å². The van der Waals surface area contributed by atoms with Crippen LogP contribution in [0, 0.1) is 11.3 Å². The molecule has 1 aromatic heterocycles. The van der Waals surface area contributed by atoms with Crippen LogP contribution in [0.4, 0.5) is 0 Å². The summed E-state index contributed by atoms with van der Waals surface area (Å²) in [5.74, 6) is 0.0609. The second-order valence-electron chi connectivity index (χ2n) is 5.35. The lowest BCUT2D eigenvalue weighted by Gasteiger charge is -2.14. The van der Waals surface area contributed by atoms with E-state index >= 15 is 0 Å². The minimum absolute atomic E-state index is 0.0229. The lowest BCUT2D eigenvalue weighted by molar-refractivity contribution is 0.293. The van der Waals surface area contributed by atoms with Gasteiger partial charge in [0.25, 0.3) is 5.56 Å². The molecule has 22 heavy (non-hydrogen) atoms. The molecule has 2 aromatic rings. The van der Waals surface area contributed by atoms with Crippen LogP contribution in [0.1, 0.15) is 18.7 Å². The fourth-order valence-corrected chi connectivity index (χ4v) is 2.69. The van der Waals surface area contributed by atoms with Crippen molar-refractivity contribution < 1.29 is 5.11 Å². The minimum Gasteiger partial charge on any atom is -0.509 e. The molecule has 1 aromatic carbocycles. The van der Waals surface area contributed by atoms with E-state index in [2.05, 4.69) is 14.9 Å². The van der Waals surface area contributed by atoms with Gasteiger partial charge in [0.1, 0.15) is 17.4 Å². The van der Waals surface area contributed by atoms with Gasteiger partial charge in [0.15, 0.2) is 5.82 Å². The van der Waals surface area contributed by atoms with Crippen molar-refractivity contribution in [2.75, 3.05) is 19.6 Å². The number of aliphatic hydroxyl groups excluding tert-OH is 1. The van der Waals surface area contributed by atoms with Crippen molar-refractivity contribution >= 4 is 16.5 Å². The highest BCUT2D eigenvalue weighted by Crippen LogP contribution is 2.17. The molecule has 1 aliphatic heterocycles. The number of para-hydroxylation sites is 1. The normalized spacial score (nSPS) is 16.5. The van der Waals surface area contributed by atoms with Crippen LogP contribution in [0.25, 0.3) is 16.5 Å². The lowest BCUT2D eigenvalue weighted by Crippen LogP contribution is -2.23. The topological polar surface area (TPSA) is 93.0 Å². The van der Waals surface area contributed by atoms with Crippen LogP contribution in [0.5, 0.6) is 0 Å². The number of rotatable bonds is 3. The van der Waals surface area contributed by atoms with E-state index in [0.29, 0.717) is 17.4 Å².